The highest BCUT2D eigenvalue weighted by Gasteiger charge is 2.16. The molecule has 10 aromatic rings. The summed E-state index contributed by atoms with van der Waals surface area (Å²) < 4.78 is 18.1. The van der Waals surface area contributed by atoms with E-state index in [9.17, 15) is 0 Å². The number of para-hydroxylation sites is 4. The molecule has 0 aliphatic rings. The Labute approximate surface area is 308 Å². The molecule has 10 rings (SSSR count). The highest BCUT2D eigenvalue weighted by molar-refractivity contribution is 6.01. The lowest BCUT2D eigenvalue weighted by Crippen LogP contribution is -2.14. The van der Waals surface area contributed by atoms with E-state index in [-0.39, 0.29) is 0 Å². The molecule has 0 atom stereocenters. The van der Waals surface area contributed by atoms with Crippen LogP contribution in [-0.4, -0.2) is 24.9 Å². The largest absolute Gasteiger partial charge is 0.436 e. The van der Waals surface area contributed by atoms with Crippen LogP contribution in [0.25, 0.3) is 83.5 Å². The topological polar surface area (TPSA) is 107 Å². The Balaban J connectivity index is 1.02. The standard InChI is InChI=1S/C45H30N6O3/c1-27(43-49-37-7-3-5-9-39(37)52-43)11-12-28(2)51(33-18-15-29(16-19-33)44-50-38-8-4-6-10-40(38)53-44)34-20-17-30-23-32(14-13-31(30)24-34)36-22-21-35-42-41(25-46-26-47-42)54-45(35)48-36/h3-26H,1-2H3/b27-11+,28-12+. The lowest BCUT2D eigenvalue weighted by atomic mass is 10.0. The van der Waals surface area contributed by atoms with Gasteiger partial charge in [-0.05, 0) is 110 Å². The number of allylic oxidation sites excluding steroid dienone is 4. The molecule has 0 bridgehead atoms. The van der Waals surface area contributed by atoms with Crippen LogP contribution in [0.4, 0.5) is 11.4 Å². The Bertz CT molecular complexity index is 3030. The van der Waals surface area contributed by atoms with E-state index in [0.29, 0.717) is 23.1 Å². The summed E-state index contributed by atoms with van der Waals surface area (Å²) in [5.41, 5.74) is 11.7. The summed E-state index contributed by atoms with van der Waals surface area (Å²) >= 11 is 0. The third-order valence-electron chi connectivity index (χ3n) is 9.60. The second-order valence-corrected chi connectivity index (χ2v) is 13.1. The van der Waals surface area contributed by atoms with Gasteiger partial charge in [-0.1, -0.05) is 48.5 Å². The van der Waals surface area contributed by atoms with E-state index < -0.39 is 0 Å². The molecule has 5 aromatic carbocycles. The van der Waals surface area contributed by atoms with E-state index in [0.717, 1.165) is 83.3 Å². The molecule has 9 nitrogen and oxygen atoms in total. The Hall–Kier alpha value is -7.39. The van der Waals surface area contributed by atoms with Gasteiger partial charge in [-0.2, -0.15) is 0 Å². The Morgan fingerprint density at radius 1 is 0.611 bits per heavy atom. The second kappa shape index (κ2) is 12.7. The van der Waals surface area contributed by atoms with Crippen molar-refractivity contribution in [1.82, 2.24) is 24.9 Å². The van der Waals surface area contributed by atoms with Crippen LogP contribution < -0.4 is 4.90 Å². The van der Waals surface area contributed by atoms with Crippen molar-refractivity contribution in [3.05, 3.63) is 158 Å². The highest BCUT2D eigenvalue weighted by Crippen LogP contribution is 2.36. The molecule has 0 aliphatic carbocycles. The number of aromatic nitrogens is 5. The summed E-state index contributed by atoms with van der Waals surface area (Å²) in [6.45, 7) is 4.11. The number of rotatable bonds is 7. The second-order valence-electron chi connectivity index (χ2n) is 13.1. The van der Waals surface area contributed by atoms with Crippen molar-refractivity contribution in [2.24, 2.45) is 0 Å². The van der Waals surface area contributed by atoms with E-state index in [1.807, 2.05) is 85.8 Å². The first-order valence-electron chi connectivity index (χ1n) is 17.5. The number of furan rings is 1. The van der Waals surface area contributed by atoms with Crippen molar-refractivity contribution < 1.29 is 13.3 Å². The monoisotopic (exact) mass is 702 g/mol. The predicted molar refractivity (Wildman–Crippen MR) is 213 cm³/mol. The van der Waals surface area contributed by atoms with Gasteiger partial charge in [-0.25, -0.2) is 24.9 Å². The number of fused-ring (bicyclic) bond motifs is 6. The summed E-state index contributed by atoms with van der Waals surface area (Å²) in [4.78, 5) is 24.9. The number of hydrogen-bond donors (Lipinski definition) is 0. The van der Waals surface area contributed by atoms with Crippen LogP contribution in [0.5, 0.6) is 0 Å². The molecule has 0 amide bonds. The van der Waals surface area contributed by atoms with Crippen LogP contribution in [0.1, 0.15) is 19.7 Å². The predicted octanol–water partition coefficient (Wildman–Crippen LogP) is 11.7. The van der Waals surface area contributed by atoms with Gasteiger partial charge in [0, 0.05) is 33.8 Å². The van der Waals surface area contributed by atoms with Crippen LogP contribution in [-0.2, 0) is 0 Å². The van der Waals surface area contributed by atoms with Crippen LogP contribution >= 0.6 is 0 Å². The average Bonchev–Trinajstić information content (AvgIpc) is 3.95. The first kappa shape index (κ1) is 31.4. The molecule has 54 heavy (non-hydrogen) atoms. The van der Waals surface area contributed by atoms with Gasteiger partial charge < -0.3 is 18.2 Å². The van der Waals surface area contributed by atoms with Crippen molar-refractivity contribution in [3.8, 4) is 22.7 Å². The van der Waals surface area contributed by atoms with Gasteiger partial charge in [0.05, 0.1) is 17.3 Å². The SMILES string of the molecule is C/C(=C\C=C(/C)N(c1ccc(-c2nc3ccccc3o2)cc1)c1ccc2cc(-c3ccc4c(n3)oc3cncnc34)ccc2c1)c1nc2ccccc2o1. The third kappa shape index (κ3) is 5.55. The number of anilines is 2. The summed E-state index contributed by atoms with van der Waals surface area (Å²) in [5, 5.41) is 3.05. The molecule has 9 heteroatoms. The number of pyridine rings is 1. The fraction of sp³-hybridized carbons (Fsp3) is 0.0444. The van der Waals surface area contributed by atoms with Crippen molar-refractivity contribution in [3.63, 3.8) is 0 Å². The van der Waals surface area contributed by atoms with E-state index in [1.165, 1.54) is 6.33 Å². The van der Waals surface area contributed by atoms with Crippen LogP contribution in [0, 0.1) is 0 Å². The minimum absolute atomic E-state index is 0.541. The van der Waals surface area contributed by atoms with Gasteiger partial charge in [0.2, 0.25) is 17.5 Å². The highest BCUT2D eigenvalue weighted by atomic mass is 16.4. The maximum absolute atomic E-state index is 6.07. The first-order chi connectivity index (χ1) is 26.5. The molecule has 0 N–H and O–H groups in total. The Kier molecular flexibility index (Phi) is 7.36. The zero-order chi connectivity index (χ0) is 36.2. The van der Waals surface area contributed by atoms with E-state index in [4.69, 9.17) is 23.2 Å². The maximum Gasteiger partial charge on any atom is 0.229 e. The molecular weight excluding hydrogens is 673 g/mol. The first-order valence-corrected chi connectivity index (χ1v) is 17.5. The molecule has 5 aromatic heterocycles. The van der Waals surface area contributed by atoms with E-state index in [1.54, 1.807) is 6.20 Å². The summed E-state index contributed by atoms with van der Waals surface area (Å²) in [5.74, 6) is 1.18. The average molecular weight is 703 g/mol. The molecule has 0 unspecified atom stereocenters. The van der Waals surface area contributed by atoms with E-state index >= 15 is 0 Å². The zero-order valence-electron chi connectivity index (χ0n) is 29.3. The molecule has 258 valence electrons. The Morgan fingerprint density at radius 2 is 1.33 bits per heavy atom. The summed E-state index contributed by atoms with van der Waals surface area (Å²) in [7, 11) is 0. The Morgan fingerprint density at radius 3 is 2.15 bits per heavy atom. The number of oxazole rings is 2. The van der Waals surface area contributed by atoms with Crippen LogP contribution in [0.3, 0.4) is 0 Å². The van der Waals surface area contributed by atoms with Gasteiger partial charge >= 0.3 is 0 Å². The summed E-state index contributed by atoms with van der Waals surface area (Å²) in [6, 6.07) is 40.8. The third-order valence-corrected chi connectivity index (χ3v) is 9.60. The number of hydrogen-bond acceptors (Lipinski definition) is 9. The quantitative estimate of drug-likeness (QED) is 0.150. The molecular formula is C45H30N6O3. The zero-order valence-corrected chi connectivity index (χ0v) is 29.3. The molecule has 0 saturated carbocycles. The number of nitrogens with zero attached hydrogens (tertiary/aromatic N) is 6. The van der Waals surface area contributed by atoms with Gasteiger partial charge in [-0.3, -0.25) is 0 Å². The smallest absolute Gasteiger partial charge is 0.229 e. The fourth-order valence-electron chi connectivity index (χ4n) is 6.83. The normalized spacial score (nSPS) is 12.5. The molecule has 0 aliphatic heterocycles. The minimum Gasteiger partial charge on any atom is -0.436 e. The van der Waals surface area contributed by atoms with E-state index in [2.05, 4.69) is 81.4 Å². The lowest BCUT2D eigenvalue weighted by Gasteiger charge is -2.26. The lowest BCUT2D eigenvalue weighted by molar-refractivity contribution is 0.584. The maximum atomic E-state index is 6.07. The van der Waals surface area contributed by atoms with Gasteiger partial charge in [-0.15, -0.1) is 0 Å². The van der Waals surface area contributed by atoms with Crippen molar-refractivity contribution in [2.45, 2.75) is 13.8 Å². The van der Waals surface area contributed by atoms with Crippen molar-refractivity contribution in [2.75, 3.05) is 4.90 Å². The van der Waals surface area contributed by atoms with Gasteiger partial charge in [0.25, 0.3) is 0 Å². The molecule has 0 radical (unpaired) electrons. The van der Waals surface area contributed by atoms with Crippen LogP contribution in [0.2, 0.25) is 0 Å². The molecule has 5 heterocycles. The fourth-order valence-corrected chi connectivity index (χ4v) is 6.83. The van der Waals surface area contributed by atoms with Gasteiger partial charge in [0.1, 0.15) is 22.9 Å². The minimum atomic E-state index is 0.541. The van der Waals surface area contributed by atoms with Crippen molar-refractivity contribution in [1.29, 1.82) is 0 Å². The van der Waals surface area contributed by atoms with Gasteiger partial charge in [0.15, 0.2) is 16.7 Å². The number of benzene rings is 5. The molecule has 0 fully saturated rings. The van der Waals surface area contributed by atoms with Crippen molar-refractivity contribution >= 4 is 72.1 Å². The molecule has 0 spiro atoms. The molecule has 0 saturated heterocycles. The van der Waals surface area contributed by atoms with Crippen LogP contribution in [0.15, 0.2) is 165 Å². The summed E-state index contributed by atoms with van der Waals surface area (Å²) in [6.07, 6.45) is 7.33.